The summed E-state index contributed by atoms with van der Waals surface area (Å²) in [6.45, 7) is 4.96. The number of benzene rings is 1. The second-order valence-corrected chi connectivity index (χ2v) is 6.06. The molecule has 1 atom stereocenters. The molecule has 0 spiro atoms. The van der Waals surface area contributed by atoms with E-state index >= 15 is 0 Å². The Kier molecular flexibility index (Phi) is 4.32. The normalized spacial score (nSPS) is 18.2. The van der Waals surface area contributed by atoms with E-state index in [9.17, 15) is 9.90 Å². The minimum atomic E-state index is -1.03. The Labute approximate surface area is 135 Å². The van der Waals surface area contributed by atoms with Gasteiger partial charge in [0.1, 0.15) is 0 Å². The van der Waals surface area contributed by atoms with Crippen LogP contribution in [0.3, 0.4) is 0 Å². The van der Waals surface area contributed by atoms with Crippen molar-refractivity contribution in [1.82, 2.24) is 15.0 Å². The molecular weight excluding hydrogens is 292 g/mol. The van der Waals surface area contributed by atoms with Crippen molar-refractivity contribution in [3.63, 3.8) is 0 Å². The highest BCUT2D eigenvalue weighted by Crippen LogP contribution is 2.27. The lowest BCUT2D eigenvalue weighted by Crippen LogP contribution is -2.40. The van der Waals surface area contributed by atoms with E-state index < -0.39 is 5.97 Å². The minimum absolute atomic E-state index is 0.0341. The van der Waals surface area contributed by atoms with Crippen LogP contribution < -0.4 is 4.90 Å². The Morgan fingerprint density at radius 2 is 2.17 bits per heavy atom. The van der Waals surface area contributed by atoms with Gasteiger partial charge >= 0.3 is 5.97 Å². The number of hydrogen-bond acceptors (Lipinski definition) is 4. The number of aryl methyl sites for hydroxylation is 1. The number of aromatic nitrogens is 3. The summed E-state index contributed by atoms with van der Waals surface area (Å²) in [5.74, 6) is -0.537. The van der Waals surface area contributed by atoms with Gasteiger partial charge in [-0.25, -0.2) is 4.79 Å². The van der Waals surface area contributed by atoms with Crippen LogP contribution in [0.2, 0.25) is 0 Å². The summed E-state index contributed by atoms with van der Waals surface area (Å²) in [4.78, 5) is 15.2. The number of carboxylic acid groups (broad SMARTS) is 1. The molecule has 0 radical (unpaired) electrons. The first-order chi connectivity index (χ1) is 11.1. The summed E-state index contributed by atoms with van der Waals surface area (Å²) in [6, 6.07) is 8.08. The second-order valence-electron chi connectivity index (χ2n) is 6.06. The fourth-order valence-corrected chi connectivity index (χ4v) is 3.20. The number of anilines is 1. The maximum absolute atomic E-state index is 11.6. The monoisotopic (exact) mass is 314 g/mol. The quantitative estimate of drug-likeness (QED) is 0.939. The number of carbonyl (C=O) groups is 1. The van der Waals surface area contributed by atoms with E-state index in [4.69, 9.17) is 0 Å². The van der Waals surface area contributed by atoms with Gasteiger partial charge < -0.3 is 10.0 Å². The summed E-state index contributed by atoms with van der Waals surface area (Å²) in [7, 11) is 0. The zero-order valence-electron chi connectivity index (χ0n) is 13.6. The van der Waals surface area contributed by atoms with Crippen molar-refractivity contribution in [3.05, 3.63) is 35.5 Å². The highest BCUT2D eigenvalue weighted by molar-refractivity contribution is 5.91. The lowest BCUT2D eigenvalue weighted by atomic mass is 10.00. The van der Waals surface area contributed by atoms with Crippen LogP contribution in [0.5, 0.6) is 0 Å². The average molecular weight is 314 g/mol. The third-order valence-corrected chi connectivity index (χ3v) is 4.40. The Morgan fingerprint density at radius 1 is 1.35 bits per heavy atom. The summed E-state index contributed by atoms with van der Waals surface area (Å²) in [5, 5.41) is 18.3. The van der Waals surface area contributed by atoms with Crippen LogP contribution >= 0.6 is 0 Å². The van der Waals surface area contributed by atoms with Gasteiger partial charge in [-0.05, 0) is 50.3 Å². The first-order valence-corrected chi connectivity index (χ1v) is 8.14. The number of nitrogens with zero attached hydrogens (tertiary/aromatic N) is 4. The molecule has 1 aromatic carbocycles. The predicted molar refractivity (Wildman–Crippen MR) is 88.3 cm³/mol. The fraction of sp³-hybridized carbons (Fsp3) is 0.471. The van der Waals surface area contributed by atoms with Gasteiger partial charge in [-0.3, -0.25) is 0 Å². The van der Waals surface area contributed by atoms with Crippen molar-refractivity contribution in [2.24, 2.45) is 0 Å². The zero-order chi connectivity index (χ0) is 16.4. The lowest BCUT2D eigenvalue weighted by Gasteiger charge is -2.35. The zero-order valence-corrected chi connectivity index (χ0v) is 13.6. The molecule has 6 heteroatoms. The maximum Gasteiger partial charge on any atom is 0.360 e. The third kappa shape index (κ3) is 3.06. The largest absolute Gasteiger partial charge is 0.476 e. The molecule has 1 N–H and O–H groups in total. The summed E-state index contributed by atoms with van der Waals surface area (Å²) in [5.41, 5.74) is 1.90. The van der Waals surface area contributed by atoms with Gasteiger partial charge in [0.25, 0.3) is 0 Å². The van der Waals surface area contributed by atoms with Crippen molar-refractivity contribution >= 4 is 11.8 Å². The van der Waals surface area contributed by atoms with Crippen LogP contribution in [0.15, 0.2) is 24.3 Å². The van der Waals surface area contributed by atoms with Crippen LogP contribution in [0.25, 0.3) is 5.69 Å². The number of hydrogen-bond donors (Lipinski definition) is 1. The number of rotatable bonds is 4. The third-order valence-electron chi connectivity index (χ3n) is 4.40. The molecule has 0 unspecified atom stereocenters. The summed E-state index contributed by atoms with van der Waals surface area (Å²) < 4.78 is 0. The smallest absolute Gasteiger partial charge is 0.360 e. The fourth-order valence-electron chi connectivity index (χ4n) is 3.20. The SMILES string of the molecule is CC[C@@H]1CCCCN1c1nn(-c2cccc(C)c2)nc1C(=O)O. The van der Waals surface area contributed by atoms with Gasteiger partial charge in [-0.2, -0.15) is 0 Å². The number of piperidine rings is 1. The molecular formula is C17H22N4O2. The number of carboxylic acids is 1. The van der Waals surface area contributed by atoms with Crippen LogP contribution in [0.4, 0.5) is 5.82 Å². The van der Waals surface area contributed by atoms with Crippen LogP contribution in [0, 0.1) is 6.92 Å². The first-order valence-electron chi connectivity index (χ1n) is 8.14. The van der Waals surface area contributed by atoms with E-state index in [1.807, 2.05) is 31.2 Å². The molecule has 2 aromatic rings. The standard InChI is InChI=1S/C17H22N4O2/c1-3-13-8-4-5-10-20(13)16-15(17(22)23)18-21(19-16)14-9-6-7-12(2)11-14/h6-7,9,11,13H,3-5,8,10H2,1-2H3,(H,22,23)/t13-/m1/s1. The molecule has 6 nitrogen and oxygen atoms in total. The number of aromatic carboxylic acids is 1. The summed E-state index contributed by atoms with van der Waals surface area (Å²) >= 11 is 0. The molecule has 0 aliphatic carbocycles. The molecule has 1 fully saturated rings. The Bertz CT molecular complexity index is 710. The Morgan fingerprint density at radius 3 is 2.87 bits per heavy atom. The maximum atomic E-state index is 11.6. The second kappa shape index (κ2) is 6.40. The Hall–Kier alpha value is -2.37. The van der Waals surface area contributed by atoms with Crippen molar-refractivity contribution in [2.45, 2.75) is 45.6 Å². The van der Waals surface area contributed by atoms with Gasteiger partial charge in [0.2, 0.25) is 5.69 Å². The molecule has 1 aliphatic rings. The molecule has 3 rings (SSSR count). The topological polar surface area (TPSA) is 71.2 Å². The van der Waals surface area contributed by atoms with Gasteiger partial charge in [-0.1, -0.05) is 19.1 Å². The van der Waals surface area contributed by atoms with Gasteiger partial charge in [0.05, 0.1) is 5.69 Å². The van der Waals surface area contributed by atoms with Crippen molar-refractivity contribution in [1.29, 1.82) is 0 Å². The van der Waals surface area contributed by atoms with Gasteiger partial charge in [0, 0.05) is 12.6 Å². The molecule has 1 aliphatic heterocycles. The summed E-state index contributed by atoms with van der Waals surface area (Å²) in [6.07, 6.45) is 4.31. The van der Waals surface area contributed by atoms with Crippen molar-refractivity contribution in [2.75, 3.05) is 11.4 Å². The van der Waals surface area contributed by atoms with E-state index in [2.05, 4.69) is 22.0 Å². The average Bonchev–Trinajstić information content (AvgIpc) is 3.00. The van der Waals surface area contributed by atoms with Crippen LogP contribution in [0.1, 0.15) is 48.7 Å². The van der Waals surface area contributed by atoms with Crippen LogP contribution in [-0.2, 0) is 0 Å². The minimum Gasteiger partial charge on any atom is -0.476 e. The molecule has 122 valence electrons. The molecule has 0 saturated carbocycles. The Balaban J connectivity index is 2.04. The molecule has 0 bridgehead atoms. The van der Waals surface area contributed by atoms with E-state index in [0.717, 1.165) is 37.1 Å². The lowest BCUT2D eigenvalue weighted by molar-refractivity contribution is 0.0690. The van der Waals surface area contributed by atoms with E-state index in [-0.39, 0.29) is 5.69 Å². The van der Waals surface area contributed by atoms with Crippen molar-refractivity contribution < 1.29 is 9.90 Å². The van der Waals surface area contributed by atoms with Crippen LogP contribution in [-0.4, -0.2) is 38.7 Å². The van der Waals surface area contributed by atoms with E-state index in [1.165, 1.54) is 11.2 Å². The van der Waals surface area contributed by atoms with E-state index in [1.54, 1.807) is 0 Å². The molecule has 2 heterocycles. The molecule has 23 heavy (non-hydrogen) atoms. The highest BCUT2D eigenvalue weighted by atomic mass is 16.4. The first kappa shape index (κ1) is 15.5. The molecule has 1 aromatic heterocycles. The van der Waals surface area contributed by atoms with E-state index in [0.29, 0.717) is 11.9 Å². The van der Waals surface area contributed by atoms with Crippen molar-refractivity contribution in [3.8, 4) is 5.69 Å². The molecule has 1 saturated heterocycles. The van der Waals surface area contributed by atoms with Gasteiger partial charge in [-0.15, -0.1) is 15.0 Å². The highest BCUT2D eigenvalue weighted by Gasteiger charge is 2.29. The predicted octanol–water partition coefficient (Wildman–Crippen LogP) is 3.04. The molecule has 0 amide bonds. The van der Waals surface area contributed by atoms with Gasteiger partial charge in [0.15, 0.2) is 5.82 Å².